The smallest absolute Gasteiger partial charge is 0.303 e. The molecule has 3 aromatic rings. The van der Waals surface area contributed by atoms with Gasteiger partial charge in [0.25, 0.3) is 0 Å². The average molecular weight is 493 g/mol. The third-order valence-corrected chi connectivity index (χ3v) is 7.08. The highest BCUT2D eigenvalue weighted by atomic mass is 19.4. The van der Waals surface area contributed by atoms with Crippen LogP contribution >= 0.6 is 0 Å². The summed E-state index contributed by atoms with van der Waals surface area (Å²) in [6, 6.07) is 28.4. The van der Waals surface area contributed by atoms with Crippen LogP contribution in [0.25, 0.3) is 0 Å². The van der Waals surface area contributed by atoms with Gasteiger partial charge in [-0.15, -0.1) is 0 Å². The lowest BCUT2D eigenvalue weighted by Gasteiger charge is -2.33. The molecule has 0 N–H and O–H groups in total. The van der Waals surface area contributed by atoms with Crippen LogP contribution in [0.3, 0.4) is 0 Å². The predicted molar refractivity (Wildman–Crippen MR) is 140 cm³/mol. The summed E-state index contributed by atoms with van der Waals surface area (Å²) in [6.07, 6.45) is -1.11. The van der Waals surface area contributed by atoms with Gasteiger partial charge in [-0.05, 0) is 67.0 Å². The molecule has 0 heterocycles. The molecular weight excluding hydrogens is 457 g/mol. The molecule has 3 rings (SSSR count). The quantitative estimate of drug-likeness (QED) is 0.259. The van der Waals surface area contributed by atoms with Crippen molar-refractivity contribution in [3.8, 4) is 6.07 Å². The van der Waals surface area contributed by atoms with E-state index in [1.54, 1.807) is 0 Å². The first kappa shape index (κ1) is 27.5. The van der Waals surface area contributed by atoms with Crippen molar-refractivity contribution in [1.29, 1.82) is 5.26 Å². The zero-order valence-electron chi connectivity index (χ0n) is 21.1. The molecule has 0 aliphatic rings. The van der Waals surface area contributed by atoms with Gasteiger partial charge in [0.1, 0.15) is 0 Å². The molecule has 0 aliphatic carbocycles. The summed E-state index contributed by atoms with van der Waals surface area (Å²) >= 11 is 0. The van der Waals surface area contributed by atoms with Crippen LogP contribution in [0.4, 0.5) is 13.2 Å². The Morgan fingerprint density at radius 2 is 1.19 bits per heavy atom. The maximum absolute atomic E-state index is 13.1. The van der Waals surface area contributed by atoms with Gasteiger partial charge in [0.15, 0.2) is 0 Å². The summed E-state index contributed by atoms with van der Waals surface area (Å²) in [7, 11) is 0. The Balaban J connectivity index is 1.70. The third kappa shape index (κ3) is 7.45. The van der Waals surface area contributed by atoms with Gasteiger partial charge in [-0.1, -0.05) is 86.6 Å². The Kier molecular flexibility index (Phi) is 9.73. The Morgan fingerprint density at radius 3 is 1.61 bits per heavy atom. The van der Waals surface area contributed by atoms with Crippen molar-refractivity contribution in [2.24, 2.45) is 5.92 Å². The van der Waals surface area contributed by atoms with Crippen LogP contribution in [-0.2, 0) is 24.4 Å². The third-order valence-electron chi connectivity index (χ3n) is 7.08. The van der Waals surface area contributed by atoms with E-state index in [1.807, 2.05) is 26.0 Å². The highest BCUT2D eigenvalue weighted by Crippen LogP contribution is 2.38. The summed E-state index contributed by atoms with van der Waals surface area (Å²) in [6.45, 7) is 6.61. The van der Waals surface area contributed by atoms with Crippen LogP contribution in [0.15, 0.2) is 84.9 Å². The molecule has 36 heavy (non-hydrogen) atoms. The van der Waals surface area contributed by atoms with Gasteiger partial charge >= 0.3 is 6.18 Å². The second-order valence-corrected chi connectivity index (χ2v) is 9.73. The number of nitriles is 1. The molecular formula is C31H35F3N2. The van der Waals surface area contributed by atoms with E-state index in [1.165, 1.54) is 23.3 Å². The molecule has 0 saturated heterocycles. The highest BCUT2D eigenvalue weighted by molar-refractivity contribution is 5.36. The lowest BCUT2D eigenvalue weighted by molar-refractivity contribution is -0.137. The molecule has 0 saturated carbocycles. The molecule has 0 aromatic heterocycles. The average Bonchev–Trinajstić information content (AvgIpc) is 2.88. The minimum atomic E-state index is -4.39. The molecule has 3 aromatic carbocycles. The first-order valence-electron chi connectivity index (χ1n) is 12.6. The largest absolute Gasteiger partial charge is 0.416 e. The zero-order chi connectivity index (χ0) is 26.0. The summed E-state index contributed by atoms with van der Waals surface area (Å²) in [5, 5.41) is 10.2. The number of benzene rings is 3. The SMILES string of the molecule is CC(C)C(C#N)(CCCN(CCc1ccccc1)CCc1ccccc1)c1ccc(C(F)(F)F)cc1. The number of hydrogen-bond donors (Lipinski definition) is 0. The molecule has 5 heteroatoms. The van der Waals surface area contributed by atoms with Crippen molar-refractivity contribution in [2.75, 3.05) is 19.6 Å². The van der Waals surface area contributed by atoms with Crippen LogP contribution in [0.1, 0.15) is 48.9 Å². The van der Waals surface area contributed by atoms with E-state index in [-0.39, 0.29) is 5.92 Å². The molecule has 0 aliphatic heterocycles. The molecule has 0 amide bonds. The van der Waals surface area contributed by atoms with Gasteiger partial charge in [-0.2, -0.15) is 18.4 Å². The van der Waals surface area contributed by atoms with Gasteiger partial charge < -0.3 is 4.90 Å². The number of rotatable bonds is 12. The van der Waals surface area contributed by atoms with Gasteiger partial charge in [-0.25, -0.2) is 0 Å². The van der Waals surface area contributed by atoms with Gasteiger partial charge in [0, 0.05) is 13.1 Å². The Bertz CT molecular complexity index is 1040. The molecule has 0 fully saturated rings. The van der Waals surface area contributed by atoms with Crippen molar-refractivity contribution >= 4 is 0 Å². The standard InChI is InChI=1S/C31H35F3N2/c1-25(2)30(24-35,28-14-16-29(17-15-28)31(32,33)34)20-9-21-36(22-18-26-10-5-3-6-11-26)23-19-27-12-7-4-8-13-27/h3-8,10-17,25H,9,18-23H2,1-2H3. The number of halogens is 3. The van der Waals surface area contributed by atoms with E-state index < -0.39 is 17.2 Å². The lowest BCUT2D eigenvalue weighted by Crippen LogP contribution is -2.34. The molecule has 0 spiro atoms. The second-order valence-electron chi connectivity index (χ2n) is 9.73. The topological polar surface area (TPSA) is 27.0 Å². The predicted octanol–water partition coefficient (Wildman–Crippen LogP) is 7.69. The fourth-order valence-corrected chi connectivity index (χ4v) is 4.75. The van der Waals surface area contributed by atoms with Crippen molar-refractivity contribution < 1.29 is 13.2 Å². The first-order chi connectivity index (χ1) is 17.2. The Labute approximate surface area is 213 Å². The van der Waals surface area contributed by atoms with Gasteiger partial charge in [0.2, 0.25) is 0 Å². The van der Waals surface area contributed by atoms with Gasteiger partial charge in [0.05, 0.1) is 17.0 Å². The van der Waals surface area contributed by atoms with Gasteiger partial charge in [-0.3, -0.25) is 0 Å². The van der Waals surface area contributed by atoms with Crippen molar-refractivity contribution in [3.63, 3.8) is 0 Å². The Hall–Kier alpha value is -3.10. The second kappa shape index (κ2) is 12.7. The molecule has 0 radical (unpaired) electrons. The maximum atomic E-state index is 13.1. The van der Waals surface area contributed by atoms with Crippen LogP contribution in [-0.4, -0.2) is 24.5 Å². The van der Waals surface area contributed by atoms with E-state index in [0.717, 1.165) is 51.0 Å². The molecule has 1 atom stereocenters. The Morgan fingerprint density at radius 1 is 0.722 bits per heavy atom. The van der Waals surface area contributed by atoms with Crippen molar-refractivity contribution in [2.45, 2.75) is 51.1 Å². The van der Waals surface area contributed by atoms with E-state index in [0.29, 0.717) is 12.0 Å². The molecule has 2 nitrogen and oxygen atoms in total. The van der Waals surface area contributed by atoms with Crippen LogP contribution in [0.5, 0.6) is 0 Å². The zero-order valence-corrected chi connectivity index (χ0v) is 21.1. The van der Waals surface area contributed by atoms with Crippen LogP contribution in [0.2, 0.25) is 0 Å². The van der Waals surface area contributed by atoms with Crippen molar-refractivity contribution in [3.05, 3.63) is 107 Å². The minimum absolute atomic E-state index is 0.0266. The van der Waals surface area contributed by atoms with Crippen LogP contribution in [0, 0.1) is 17.2 Å². The highest BCUT2D eigenvalue weighted by Gasteiger charge is 2.37. The van der Waals surface area contributed by atoms with Crippen LogP contribution < -0.4 is 0 Å². The summed E-state index contributed by atoms with van der Waals surface area (Å²) in [4.78, 5) is 2.44. The summed E-state index contributed by atoms with van der Waals surface area (Å²) < 4.78 is 39.2. The fourth-order valence-electron chi connectivity index (χ4n) is 4.75. The summed E-state index contributed by atoms with van der Waals surface area (Å²) in [5.74, 6) is -0.0266. The summed E-state index contributed by atoms with van der Waals surface area (Å²) in [5.41, 5.74) is 1.73. The fraction of sp³-hybridized carbons (Fsp3) is 0.387. The molecule has 1 unspecified atom stereocenters. The monoisotopic (exact) mass is 492 g/mol. The first-order valence-corrected chi connectivity index (χ1v) is 12.6. The normalized spacial score (nSPS) is 13.5. The lowest BCUT2D eigenvalue weighted by atomic mass is 9.69. The molecule has 190 valence electrons. The van der Waals surface area contributed by atoms with E-state index in [2.05, 4.69) is 59.5 Å². The van der Waals surface area contributed by atoms with E-state index in [9.17, 15) is 18.4 Å². The maximum Gasteiger partial charge on any atom is 0.416 e. The van der Waals surface area contributed by atoms with E-state index >= 15 is 0 Å². The van der Waals surface area contributed by atoms with E-state index in [4.69, 9.17) is 0 Å². The number of alkyl halides is 3. The van der Waals surface area contributed by atoms with Crippen molar-refractivity contribution in [1.82, 2.24) is 4.90 Å². The number of nitrogens with zero attached hydrogens (tertiary/aromatic N) is 2. The minimum Gasteiger partial charge on any atom is -0.303 e. The number of hydrogen-bond acceptors (Lipinski definition) is 2. The molecule has 0 bridgehead atoms.